The van der Waals surface area contributed by atoms with Gasteiger partial charge in [-0.3, -0.25) is 4.79 Å². The largest absolute Gasteiger partial charge is 0.468 e. The lowest BCUT2D eigenvalue weighted by atomic mass is 10.1. The average molecular weight is 204 g/mol. The summed E-state index contributed by atoms with van der Waals surface area (Å²) in [6.45, 7) is 3.89. The van der Waals surface area contributed by atoms with Crippen LogP contribution in [0, 0.1) is 13.8 Å². The van der Waals surface area contributed by atoms with Gasteiger partial charge in [0.1, 0.15) is 11.1 Å². The van der Waals surface area contributed by atoms with Gasteiger partial charge in [0.05, 0.1) is 7.11 Å². The molecule has 1 aromatic heterocycles. The number of fused-ring (bicyclic) bond motifs is 1. The summed E-state index contributed by atoms with van der Waals surface area (Å²) in [6.07, 6.45) is 0.775. The molecule has 1 aromatic carbocycles. The lowest BCUT2D eigenvalue weighted by Crippen LogP contribution is -1.86. The molecule has 0 atom stereocenters. The number of aryl methyl sites for hydroxylation is 2. The van der Waals surface area contributed by atoms with E-state index in [-0.39, 0.29) is 5.95 Å². The van der Waals surface area contributed by atoms with Crippen molar-refractivity contribution in [2.75, 3.05) is 7.11 Å². The van der Waals surface area contributed by atoms with E-state index in [4.69, 9.17) is 9.15 Å². The van der Waals surface area contributed by atoms with Crippen LogP contribution < -0.4 is 4.74 Å². The van der Waals surface area contributed by atoms with E-state index < -0.39 is 0 Å². The van der Waals surface area contributed by atoms with Gasteiger partial charge < -0.3 is 9.15 Å². The number of methoxy groups -OCH3 is 1. The van der Waals surface area contributed by atoms with Crippen LogP contribution in [0.5, 0.6) is 5.95 Å². The zero-order valence-corrected chi connectivity index (χ0v) is 8.96. The number of aldehydes is 1. The number of carbonyl (C=O) groups is 1. The highest BCUT2D eigenvalue weighted by atomic mass is 16.6. The van der Waals surface area contributed by atoms with E-state index in [1.54, 1.807) is 0 Å². The van der Waals surface area contributed by atoms with Crippen LogP contribution in [0.4, 0.5) is 0 Å². The van der Waals surface area contributed by atoms with Gasteiger partial charge in [0, 0.05) is 5.39 Å². The Morgan fingerprint density at radius 1 is 1.27 bits per heavy atom. The van der Waals surface area contributed by atoms with Gasteiger partial charge in [-0.25, -0.2) is 0 Å². The van der Waals surface area contributed by atoms with Crippen molar-refractivity contribution in [1.29, 1.82) is 0 Å². The fraction of sp³-hybridized carbons (Fsp3) is 0.250. The molecule has 0 unspecified atom stereocenters. The topological polar surface area (TPSA) is 39.4 Å². The molecule has 0 bridgehead atoms. The van der Waals surface area contributed by atoms with Crippen molar-refractivity contribution in [2.24, 2.45) is 0 Å². The van der Waals surface area contributed by atoms with Gasteiger partial charge in [0.2, 0.25) is 0 Å². The average Bonchev–Trinajstić information content (AvgIpc) is 2.63. The van der Waals surface area contributed by atoms with Crippen LogP contribution >= 0.6 is 0 Å². The van der Waals surface area contributed by atoms with Crippen LogP contribution in [0.25, 0.3) is 11.0 Å². The Balaban J connectivity index is 2.94. The summed E-state index contributed by atoms with van der Waals surface area (Å²) in [6, 6.07) is 3.94. The third kappa shape index (κ3) is 1.31. The summed E-state index contributed by atoms with van der Waals surface area (Å²) in [5, 5.41) is 0.849. The fourth-order valence-corrected chi connectivity index (χ4v) is 1.76. The minimum absolute atomic E-state index is 0.289. The maximum absolute atomic E-state index is 11.0. The first-order valence-electron chi connectivity index (χ1n) is 4.71. The normalized spacial score (nSPS) is 10.6. The number of furan rings is 1. The highest BCUT2D eigenvalue weighted by Crippen LogP contribution is 2.34. The van der Waals surface area contributed by atoms with Gasteiger partial charge in [0.15, 0.2) is 6.29 Å². The molecule has 0 saturated heterocycles. The molecule has 15 heavy (non-hydrogen) atoms. The molecule has 0 aliphatic carbocycles. The third-order valence-corrected chi connectivity index (χ3v) is 2.55. The van der Waals surface area contributed by atoms with Crippen molar-refractivity contribution in [3.8, 4) is 5.95 Å². The predicted octanol–water partition coefficient (Wildman–Crippen LogP) is 2.87. The summed E-state index contributed by atoms with van der Waals surface area (Å²) in [4.78, 5) is 11.0. The maximum atomic E-state index is 11.0. The highest BCUT2D eigenvalue weighted by molar-refractivity contribution is 6.01. The van der Waals surface area contributed by atoms with Gasteiger partial charge in [-0.05, 0) is 25.0 Å². The van der Waals surface area contributed by atoms with Crippen LogP contribution in [0.3, 0.4) is 0 Å². The van der Waals surface area contributed by atoms with E-state index in [9.17, 15) is 4.79 Å². The van der Waals surface area contributed by atoms with Crippen LogP contribution in [0.15, 0.2) is 16.5 Å². The van der Waals surface area contributed by atoms with Gasteiger partial charge in [-0.1, -0.05) is 12.1 Å². The summed E-state index contributed by atoms with van der Waals surface area (Å²) in [7, 11) is 1.50. The Morgan fingerprint density at radius 3 is 2.53 bits per heavy atom. The second-order valence-electron chi connectivity index (χ2n) is 3.53. The van der Waals surface area contributed by atoms with Crippen molar-refractivity contribution in [2.45, 2.75) is 13.8 Å². The molecule has 2 aromatic rings. The summed E-state index contributed by atoms with van der Waals surface area (Å²) in [5.41, 5.74) is 3.24. The summed E-state index contributed by atoms with van der Waals surface area (Å²) < 4.78 is 10.5. The molecule has 3 nitrogen and oxygen atoms in total. The van der Waals surface area contributed by atoms with E-state index in [1.165, 1.54) is 7.11 Å². The molecule has 0 N–H and O–H groups in total. The molecule has 0 spiro atoms. The molecule has 0 fully saturated rings. The Hall–Kier alpha value is -1.77. The lowest BCUT2D eigenvalue weighted by Gasteiger charge is -1.97. The second-order valence-corrected chi connectivity index (χ2v) is 3.53. The minimum atomic E-state index is 0.289. The Kier molecular flexibility index (Phi) is 2.23. The summed E-state index contributed by atoms with van der Waals surface area (Å²) >= 11 is 0. The van der Waals surface area contributed by atoms with Crippen molar-refractivity contribution in [3.05, 3.63) is 28.8 Å². The predicted molar refractivity (Wildman–Crippen MR) is 57.6 cm³/mol. The zero-order valence-electron chi connectivity index (χ0n) is 8.96. The van der Waals surface area contributed by atoms with Crippen LogP contribution in [0.2, 0.25) is 0 Å². The number of carbonyl (C=O) groups excluding carboxylic acids is 1. The Labute approximate surface area is 87.6 Å². The molecular formula is C12H12O3. The molecule has 0 aliphatic rings. The quantitative estimate of drug-likeness (QED) is 0.706. The first-order valence-corrected chi connectivity index (χ1v) is 4.71. The number of hydrogen-bond acceptors (Lipinski definition) is 3. The first-order chi connectivity index (χ1) is 7.19. The monoisotopic (exact) mass is 204 g/mol. The van der Waals surface area contributed by atoms with Crippen LogP contribution in [-0.2, 0) is 0 Å². The van der Waals surface area contributed by atoms with Gasteiger partial charge >= 0.3 is 0 Å². The molecule has 0 saturated carbocycles. The van der Waals surface area contributed by atoms with E-state index in [0.717, 1.165) is 28.4 Å². The second kappa shape index (κ2) is 3.42. The van der Waals surface area contributed by atoms with Crippen molar-refractivity contribution >= 4 is 17.3 Å². The molecule has 1 heterocycles. The highest BCUT2D eigenvalue weighted by Gasteiger charge is 2.17. The smallest absolute Gasteiger partial charge is 0.296 e. The molecule has 78 valence electrons. The number of rotatable bonds is 2. The lowest BCUT2D eigenvalue weighted by molar-refractivity contribution is 0.111. The van der Waals surface area contributed by atoms with Gasteiger partial charge in [-0.2, -0.15) is 0 Å². The van der Waals surface area contributed by atoms with E-state index in [1.807, 2.05) is 26.0 Å². The zero-order chi connectivity index (χ0) is 11.0. The Bertz CT molecular complexity index is 523. The number of benzene rings is 1. The molecule has 0 amide bonds. The van der Waals surface area contributed by atoms with E-state index in [0.29, 0.717) is 5.56 Å². The molecule has 0 aliphatic heterocycles. The fourth-order valence-electron chi connectivity index (χ4n) is 1.76. The Morgan fingerprint density at radius 2 is 1.93 bits per heavy atom. The standard InChI is InChI=1S/C12H12O3/c1-7-4-5-8(2)11-10(7)9(6-13)12(14-3)15-11/h4-6H,1-3H3. The number of ether oxygens (including phenoxy) is 1. The SMILES string of the molecule is COc1oc2c(C)ccc(C)c2c1C=O. The third-order valence-electron chi connectivity index (χ3n) is 2.55. The van der Waals surface area contributed by atoms with Crippen LogP contribution in [-0.4, -0.2) is 13.4 Å². The number of hydrogen-bond donors (Lipinski definition) is 0. The van der Waals surface area contributed by atoms with Crippen LogP contribution in [0.1, 0.15) is 21.5 Å². The van der Waals surface area contributed by atoms with Gasteiger partial charge in [-0.15, -0.1) is 0 Å². The van der Waals surface area contributed by atoms with E-state index >= 15 is 0 Å². The molecule has 0 radical (unpaired) electrons. The minimum Gasteiger partial charge on any atom is -0.468 e. The summed E-state index contributed by atoms with van der Waals surface area (Å²) in [5.74, 6) is 0.289. The first kappa shape index (κ1) is 9.77. The molecule has 2 rings (SSSR count). The van der Waals surface area contributed by atoms with Crippen molar-refractivity contribution < 1.29 is 13.9 Å². The molecule has 3 heteroatoms. The maximum Gasteiger partial charge on any atom is 0.296 e. The van der Waals surface area contributed by atoms with E-state index in [2.05, 4.69) is 0 Å². The van der Waals surface area contributed by atoms with Crippen molar-refractivity contribution in [1.82, 2.24) is 0 Å². The van der Waals surface area contributed by atoms with Crippen molar-refractivity contribution in [3.63, 3.8) is 0 Å². The van der Waals surface area contributed by atoms with Gasteiger partial charge in [0.25, 0.3) is 5.95 Å². The molecular weight excluding hydrogens is 192 g/mol.